The van der Waals surface area contributed by atoms with Crippen molar-refractivity contribution in [2.45, 2.75) is 33.1 Å². The van der Waals surface area contributed by atoms with Gasteiger partial charge in [-0.2, -0.15) is 0 Å². The Morgan fingerprint density at radius 3 is 1.39 bits per heavy atom. The molecule has 7 aromatic carbocycles. The van der Waals surface area contributed by atoms with Crippen LogP contribution in [0.3, 0.4) is 0 Å². The van der Waals surface area contributed by atoms with Crippen LogP contribution in [0.2, 0.25) is 0 Å². The zero-order chi connectivity index (χ0) is 33.8. The molecule has 7 rings (SSSR count). The van der Waals surface area contributed by atoms with E-state index in [2.05, 4.69) is 220 Å². The normalized spacial score (nSPS) is 11.6. The standard InChI is InChI=1S/C47H42N2/c1-35-11-10-16-45(33-35)49(44-31-24-40(25-32-44)47(2,3)4)43-28-21-37(22-29-43)18-17-36-19-26-42(27-20-36)48(41-14-6-5-7-15-41)46-30-23-38-12-8-9-13-39(38)34-46/h5-34H,1-4H3. The highest BCUT2D eigenvalue weighted by Crippen LogP contribution is 2.38. The molecule has 49 heavy (non-hydrogen) atoms. The van der Waals surface area contributed by atoms with E-state index in [4.69, 9.17) is 0 Å². The van der Waals surface area contributed by atoms with Gasteiger partial charge in [0, 0.05) is 34.1 Å². The number of hydrogen-bond donors (Lipinski definition) is 0. The smallest absolute Gasteiger partial charge is 0.0468 e. The number of aryl methyl sites for hydroxylation is 1. The summed E-state index contributed by atoms with van der Waals surface area (Å²) in [6.45, 7) is 8.92. The van der Waals surface area contributed by atoms with Crippen molar-refractivity contribution in [3.8, 4) is 0 Å². The predicted molar refractivity (Wildman–Crippen MR) is 212 cm³/mol. The second kappa shape index (κ2) is 13.7. The van der Waals surface area contributed by atoms with Crippen molar-refractivity contribution in [3.05, 3.63) is 192 Å². The number of nitrogens with zero attached hydrogens (tertiary/aromatic N) is 2. The zero-order valence-electron chi connectivity index (χ0n) is 28.7. The van der Waals surface area contributed by atoms with Crippen LogP contribution >= 0.6 is 0 Å². The van der Waals surface area contributed by atoms with Gasteiger partial charge in [0.15, 0.2) is 0 Å². The molecule has 0 atom stereocenters. The van der Waals surface area contributed by atoms with E-state index in [-0.39, 0.29) is 5.41 Å². The molecule has 0 radical (unpaired) electrons. The van der Waals surface area contributed by atoms with E-state index in [1.807, 2.05) is 0 Å². The Bertz CT molecular complexity index is 2190. The first-order valence-electron chi connectivity index (χ1n) is 17.0. The second-order valence-electron chi connectivity index (χ2n) is 13.7. The number of rotatable bonds is 8. The fourth-order valence-corrected chi connectivity index (χ4v) is 6.33. The van der Waals surface area contributed by atoms with Crippen LogP contribution in [-0.4, -0.2) is 0 Å². The molecule has 0 saturated heterocycles. The molecule has 0 N–H and O–H groups in total. The summed E-state index contributed by atoms with van der Waals surface area (Å²) in [6.07, 6.45) is 4.37. The van der Waals surface area contributed by atoms with Gasteiger partial charge in [0.1, 0.15) is 0 Å². The van der Waals surface area contributed by atoms with Crippen LogP contribution < -0.4 is 9.80 Å². The zero-order valence-corrected chi connectivity index (χ0v) is 28.7. The average molecular weight is 635 g/mol. The summed E-state index contributed by atoms with van der Waals surface area (Å²) < 4.78 is 0. The minimum atomic E-state index is 0.111. The van der Waals surface area contributed by atoms with Gasteiger partial charge in [-0.05, 0) is 118 Å². The minimum absolute atomic E-state index is 0.111. The molecule has 2 nitrogen and oxygen atoms in total. The van der Waals surface area contributed by atoms with Crippen LogP contribution in [0.5, 0.6) is 0 Å². The summed E-state index contributed by atoms with van der Waals surface area (Å²) in [5.74, 6) is 0. The van der Waals surface area contributed by atoms with Crippen LogP contribution in [0.4, 0.5) is 34.1 Å². The third-order valence-electron chi connectivity index (χ3n) is 9.03. The lowest BCUT2D eigenvalue weighted by atomic mass is 9.87. The van der Waals surface area contributed by atoms with E-state index < -0.39 is 0 Å². The molecule has 0 spiro atoms. The fourth-order valence-electron chi connectivity index (χ4n) is 6.33. The van der Waals surface area contributed by atoms with Crippen molar-refractivity contribution in [2.75, 3.05) is 9.80 Å². The van der Waals surface area contributed by atoms with Gasteiger partial charge >= 0.3 is 0 Å². The molecule has 0 amide bonds. The lowest BCUT2D eigenvalue weighted by Gasteiger charge is -2.27. The molecule has 7 aromatic rings. The third kappa shape index (κ3) is 7.20. The molecule has 0 bridgehead atoms. The Labute approximate surface area is 291 Å². The van der Waals surface area contributed by atoms with E-state index >= 15 is 0 Å². The topological polar surface area (TPSA) is 6.48 Å². The molecule has 0 aliphatic heterocycles. The van der Waals surface area contributed by atoms with Crippen LogP contribution in [0.1, 0.15) is 43.0 Å². The molecule has 0 heterocycles. The first-order chi connectivity index (χ1) is 23.8. The monoisotopic (exact) mass is 634 g/mol. The van der Waals surface area contributed by atoms with Gasteiger partial charge in [-0.15, -0.1) is 0 Å². The maximum Gasteiger partial charge on any atom is 0.0468 e. The van der Waals surface area contributed by atoms with Crippen LogP contribution in [0, 0.1) is 6.92 Å². The maximum absolute atomic E-state index is 2.33. The van der Waals surface area contributed by atoms with Gasteiger partial charge in [-0.1, -0.05) is 130 Å². The van der Waals surface area contributed by atoms with Crippen molar-refractivity contribution >= 4 is 57.0 Å². The van der Waals surface area contributed by atoms with E-state index in [0.29, 0.717) is 0 Å². The van der Waals surface area contributed by atoms with Crippen molar-refractivity contribution in [3.63, 3.8) is 0 Å². The summed E-state index contributed by atoms with van der Waals surface area (Å²) in [7, 11) is 0. The highest BCUT2D eigenvalue weighted by Gasteiger charge is 2.17. The first-order valence-corrected chi connectivity index (χ1v) is 17.0. The van der Waals surface area contributed by atoms with Crippen molar-refractivity contribution < 1.29 is 0 Å². The average Bonchev–Trinajstić information content (AvgIpc) is 3.12. The lowest BCUT2D eigenvalue weighted by molar-refractivity contribution is 0.590. The van der Waals surface area contributed by atoms with E-state index in [1.54, 1.807) is 0 Å². The Morgan fingerprint density at radius 2 is 0.837 bits per heavy atom. The molecule has 240 valence electrons. The van der Waals surface area contributed by atoms with Gasteiger partial charge in [0.25, 0.3) is 0 Å². The molecule has 0 unspecified atom stereocenters. The molecule has 0 aliphatic carbocycles. The minimum Gasteiger partial charge on any atom is -0.310 e. The molecule has 0 aliphatic rings. The highest BCUT2D eigenvalue weighted by molar-refractivity contribution is 5.89. The van der Waals surface area contributed by atoms with E-state index in [0.717, 1.165) is 45.3 Å². The van der Waals surface area contributed by atoms with E-state index in [9.17, 15) is 0 Å². The maximum atomic E-state index is 2.33. The summed E-state index contributed by atoms with van der Waals surface area (Å²) in [5, 5.41) is 2.47. The summed E-state index contributed by atoms with van der Waals surface area (Å²) >= 11 is 0. The molecule has 0 aromatic heterocycles. The van der Waals surface area contributed by atoms with Crippen LogP contribution in [0.15, 0.2) is 170 Å². The van der Waals surface area contributed by atoms with Gasteiger partial charge in [0.2, 0.25) is 0 Å². The van der Waals surface area contributed by atoms with Gasteiger partial charge in [-0.3, -0.25) is 0 Å². The molecule has 2 heteroatoms. The number of fused-ring (bicyclic) bond motifs is 1. The number of para-hydroxylation sites is 1. The summed E-state index contributed by atoms with van der Waals surface area (Å²) in [6, 6.07) is 61.0. The second-order valence-corrected chi connectivity index (χ2v) is 13.7. The predicted octanol–water partition coefficient (Wildman–Crippen LogP) is 13.6. The molecule has 0 fully saturated rings. The number of benzene rings is 7. The van der Waals surface area contributed by atoms with Gasteiger partial charge in [-0.25, -0.2) is 0 Å². The first kappa shape index (κ1) is 31.7. The van der Waals surface area contributed by atoms with Gasteiger partial charge < -0.3 is 9.80 Å². The van der Waals surface area contributed by atoms with Crippen molar-refractivity contribution in [2.24, 2.45) is 0 Å². The number of anilines is 6. The molecular formula is C47H42N2. The number of hydrogen-bond acceptors (Lipinski definition) is 2. The highest BCUT2D eigenvalue weighted by atomic mass is 15.1. The van der Waals surface area contributed by atoms with Crippen LogP contribution in [0.25, 0.3) is 22.9 Å². The fraction of sp³-hybridized carbons (Fsp3) is 0.106. The quantitative estimate of drug-likeness (QED) is 0.153. The Hall–Kier alpha value is -5.86. The Balaban J connectivity index is 1.14. The molecule has 0 saturated carbocycles. The van der Waals surface area contributed by atoms with Gasteiger partial charge in [0.05, 0.1) is 0 Å². The van der Waals surface area contributed by atoms with Crippen LogP contribution in [-0.2, 0) is 5.41 Å². The Kier molecular flexibility index (Phi) is 8.87. The lowest BCUT2D eigenvalue weighted by Crippen LogP contribution is -2.13. The molecular weight excluding hydrogens is 593 g/mol. The third-order valence-corrected chi connectivity index (χ3v) is 9.03. The van der Waals surface area contributed by atoms with E-state index in [1.165, 1.54) is 21.9 Å². The summed E-state index contributed by atoms with van der Waals surface area (Å²) in [5.41, 5.74) is 11.8. The largest absolute Gasteiger partial charge is 0.310 e. The summed E-state index contributed by atoms with van der Waals surface area (Å²) in [4.78, 5) is 4.65. The Morgan fingerprint density at radius 1 is 0.388 bits per heavy atom. The SMILES string of the molecule is Cc1cccc(N(c2ccc(C=Cc3ccc(N(c4ccccc4)c4ccc5ccccc5c4)cc3)cc2)c2ccc(C(C)(C)C)cc2)c1. The van der Waals surface area contributed by atoms with Crippen molar-refractivity contribution in [1.82, 2.24) is 0 Å². The van der Waals surface area contributed by atoms with Crippen molar-refractivity contribution in [1.29, 1.82) is 0 Å².